The van der Waals surface area contributed by atoms with Crippen LogP contribution in [-0.2, 0) is 12.0 Å². The van der Waals surface area contributed by atoms with Crippen LogP contribution in [0.25, 0.3) is 0 Å². The summed E-state index contributed by atoms with van der Waals surface area (Å²) in [6, 6.07) is 7.84. The fourth-order valence-corrected chi connectivity index (χ4v) is 2.36. The Morgan fingerprint density at radius 3 is 2.64 bits per heavy atom. The van der Waals surface area contributed by atoms with Crippen LogP contribution in [0.4, 0.5) is 0 Å². The largest absolute Gasteiger partial charge is 0.443 e. The molecule has 1 heterocycles. The number of nitrogens with one attached hydrogen (secondary N) is 2. The molecule has 0 aliphatic rings. The van der Waals surface area contributed by atoms with E-state index in [0.29, 0.717) is 18.4 Å². The molecule has 1 aromatic carbocycles. The van der Waals surface area contributed by atoms with E-state index in [1.54, 1.807) is 13.2 Å². The minimum absolute atomic E-state index is 0. The van der Waals surface area contributed by atoms with Crippen molar-refractivity contribution in [3.8, 4) is 0 Å². The summed E-state index contributed by atoms with van der Waals surface area (Å²) in [7, 11) is 1.73. The van der Waals surface area contributed by atoms with Gasteiger partial charge in [0.05, 0.1) is 18.8 Å². The van der Waals surface area contributed by atoms with E-state index >= 15 is 0 Å². The molecule has 25 heavy (non-hydrogen) atoms. The van der Waals surface area contributed by atoms with Crippen LogP contribution in [0.5, 0.6) is 0 Å². The Kier molecular flexibility index (Phi) is 8.21. The summed E-state index contributed by atoms with van der Waals surface area (Å²) in [5.41, 5.74) is 1.04. The van der Waals surface area contributed by atoms with E-state index in [2.05, 4.69) is 48.3 Å². The highest BCUT2D eigenvalue weighted by Crippen LogP contribution is 2.22. The van der Waals surface area contributed by atoms with E-state index in [4.69, 9.17) is 16.0 Å². The number of rotatable bonds is 4. The van der Waals surface area contributed by atoms with Gasteiger partial charge in [-0.1, -0.05) is 44.5 Å². The number of hydrogen-bond donors (Lipinski definition) is 2. The number of aliphatic imine (C=N–C) groups is 1. The standard InChI is InChI=1S/C18H25ClN4O.HI/c1-12(13-7-6-8-14(19)9-13)23-17(20-5)22-11-16-21-10-15(24-16)18(2,3)4;/h6-10,12H,11H2,1-5H3,(H2,20,22,23);1H. The van der Waals surface area contributed by atoms with E-state index in [-0.39, 0.29) is 35.4 Å². The fourth-order valence-electron chi connectivity index (χ4n) is 2.16. The highest BCUT2D eigenvalue weighted by Gasteiger charge is 2.19. The first kappa shape index (κ1) is 21.8. The van der Waals surface area contributed by atoms with Crippen molar-refractivity contribution in [3.63, 3.8) is 0 Å². The lowest BCUT2D eigenvalue weighted by Gasteiger charge is -2.18. The lowest BCUT2D eigenvalue weighted by Crippen LogP contribution is -2.38. The van der Waals surface area contributed by atoms with Gasteiger partial charge in [0, 0.05) is 17.5 Å². The van der Waals surface area contributed by atoms with Gasteiger partial charge in [-0.25, -0.2) is 4.98 Å². The van der Waals surface area contributed by atoms with Crippen LogP contribution < -0.4 is 10.6 Å². The summed E-state index contributed by atoms with van der Waals surface area (Å²) < 4.78 is 5.77. The lowest BCUT2D eigenvalue weighted by atomic mass is 9.94. The van der Waals surface area contributed by atoms with Crippen LogP contribution in [0.2, 0.25) is 5.02 Å². The molecule has 0 aliphatic carbocycles. The smallest absolute Gasteiger partial charge is 0.213 e. The van der Waals surface area contributed by atoms with Crippen LogP contribution in [0.1, 0.15) is 51.0 Å². The van der Waals surface area contributed by atoms with Crippen molar-refractivity contribution in [1.29, 1.82) is 0 Å². The van der Waals surface area contributed by atoms with Crippen LogP contribution in [0, 0.1) is 0 Å². The number of hydrogen-bond acceptors (Lipinski definition) is 3. The zero-order valence-electron chi connectivity index (χ0n) is 15.3. The summed E-state index contributed by atoms with van der Waals surface area (Å²) in [6.45, 7) is 8.81. The van der Waals surface area contributed by atoms with Crippen molar-refractivity contribution in [1.82, 2.24) is 15.6 Å². The van der Waals surface area contributed by atoms with E-state index < -0.39 is 0 Å². The molecule has 138 valence electrons. The van der Waals surface area contributed by atoms with Crippen molar-refractivity contribution in [3.05, 3.63) is 52.7 Å². The molecule has 0 bridgehead atoms. The van der Waals surface area contributed by atoms with Gasteiger partial charge in [-0.2, -0.15) is 0 Å². The van der Waals surface area contributed by atoms with Gasteiger partial charge in [0.2, 0.25) is 5.89 Å². The van der Waals surface area contributed by atoms with E-state index in [1.807, 2.05) is 24.3 Å². The molecule has 0 aliphatic heterocycles. The Morgan fingerprint density at radius 1 is 1.36 bits per heavy atom. The predicted molar refractivity (Wildman–Crippen MR) is 114 cm³/mol. The zero-order chi connectivity index (χ0) is 17.7. The van der Waals surface area contributed by atoms with Gasteiger partial charge in [-0.15, -0.1) is 24.0 Å². The molecule has 0 spiro atoms. The Balaban J connectivity index is 0.00000312. The molecule has 1 aromatic heterocycles. The first-order valence-electron chi connectivity index (χ1n) is 7.97. The minimum atomic E-state index is -0.0493. The first-order valence-corrected chi connectivity index (χ1v) is 8.35. The molecule has 2 aromatic rings. The monoisotopic (exact) mass is 476 g/mol. The van der Waals surface area contributed by atoms with Gasteiger partial charge in [-0.3, -0.25) is 4.99 Å². The average Bonchev–Trinajstić information content (AvgIpc) is 3.00. The van der Waals surface area contributed by atoms with Crippen LogP contribution in [0.15, 0.2) is 39.9 Å². The maximum atomic E-state index is 6.05. The lowest BCUT2D eigenvalue weighted by molar-refractivity contribution is 0.379. The summed E-state index contributed by atoms with van der Waals surface area (Å²) in [6.07, 6.45) is 1.78. The molecule has 1 unspecified atom stereocenters. The highest BCUT2D eigenvalue weighted by atomic mass is 127. The van der Waals surface area contributed by atoms with Crippen molar-refractivity contribution >= 4 is 41.5 Å². The van der Waals surface area contributed by atoms with Crippen molar-refractivity contribution in [2.75, 3.05) is 7.05 Å². The second-order valence-electron chi connectivity index (χ2n) is 6.72. The van der Waals surface area contributed by atoms with Gasteiger partial charge in [-0.05, 0) is 24.6 Å². The minimum Gasteiger partial charge on any atom is -0.443 e. The predicted octanol–water partition coefficient (Wildman–Crippen LogP) is 4.67. The molecular weight excluding hydrogens is 451 g/mol. The van der Waals surface area contributed by atoms with Gasteiger partial charge in [0.1, 0.15) is 5.76 Å². The third kappa shape index (κ3) is 6.51. The molecule has 0 radical (unpaired) electrons. The summed E-state index contributed by atoms with van der Waals surface area (Å²) in [5.74, 6) is 2.19. The molecule has 0 fully saturated rings. The Labute approximate surface area is 171 Å². The number of guanidine groups is 1. The topological polar surface area (TPSA) is 62.5 Å². The first-order chi connectivity index (χ1) is 11.3. The quantitative estimate of drug-likeness (QED) is 0.382. The Bertz CT molecular complexity index is 709. The molecule has 0 saturated carbocycles. The van der Waals surface area contributed by atoms with Gasteiger partial charge >= 0.3 is 0 Å². The third-order valence-electron chi connectivity index (χ3n) is 3.63. The molecule has 7 heteroatoms. The van der Waals surface area contributed by atoms with E-state index in [0.717, 1.165) is 16.3 Å². The van der Waals surface area contributed by atoms with E-state index in [9.17, 15) is 0 Å². The number of nitrogens with zero attached hydrogens (tertiary/aromatic N) is 2. The average molecular weight is 477 g/mol. The maximum absolute atomic E-state index is 6.05. The summed E-state index contributed by atoms with van der Waals surface area (Å²) in [5, 5.41) is 7.26. The number of halogens is 2. The molecule has 5 nitrogen and oxygen atoms in total. The highest BCUT2D eigenvalue weighted by molar-refractivity contribution is 14.0. The van der Waals surface area contributed by atoms with Crippen LogP contribution in [0.3, 0.4) is 0 Å². The van der Waals surface area contributed by atoms with Gasteiger partial charge in [0.15, 0.2) is 5.96 Å². The second-order valence-corrected chi connectivity index (χ2v) is 7.15. The zero-order valence-corrected chi connectivity index (χ0v) is 18.3. The van der Waals surface area contributed by atoms with Gasteiger partial charge < -0.3 is 15.1 Å². The van der Waals surface area contributed by atoms with E-state index in [1.165, 1.54) is 0 Å². The molecule has 1 atom stereocenters. The molecule has 2 rings (SSSR count). The molecule has 0 amide bonds. The van der Waals surface area contributed by atoms with Crippen LogP contribution in [-0.4, -0.2) is 18.0 Å². The molecule has 2 N–H and O–H groups in total. The van der Waals surface area contributed by atoms with Crippen molar-refractivity contribution < 1.29 is 4.42 Å². The molecule has 0 saturated heterocycles. The third-order valence-corrected chi connectivity index (χ3v) is 3.86. The maximum Gasteiger partial charge on any atom is 0.213 e. The van der Waals surface area contributed by atoms with Crippen molar-refractivity contribution in [2.45, 2.75) is 45.7 Å². The summed E-state index contributed by atoms with van der Waals surface area (Å²) >= 11 is 6.05. The number of benzene rings is 1. The van der Waals surface area contributed by atoms with Gasteiger partial charge in [0.25, 0.3) is 0 Å². The normalized spacial score (nSPS) is 13.1. The molecular formula is C18H26ClIN4O. The SMILES string of the molecule is CN=C(NCc1ncc(C(C)(C)C)o1)NC(C)c1cccc(Cl)c1.I. The Morgan fingerprint density at radius 2 is 2.08 bits per heavy atom. The number of aromatic nitrogens is 1. The second kappa shape index (κ2) is 9.43. The fraction of sp³-hybridized carbons (Fsp3) is 0.444. The van der Waals surface area contributed by atoms with Crippen LogP contribution >= 0.6 is 35.6 Å². The Hall–Kier alpha value is -1.28. The number of oxazole rings is 1. The van der Waals surface area contributed by atoms with Crippen molar-refractivity contribution in [2.24, 2.45) is 4.99 Å². The summed E-state index contributed by atoms with van der Waals surface area (Å²) in [4.78, 5) is 8.55.